The summed E-state index contributed by atoms with van der Waals surface area (Å²) in [7, 11) is 0. The Labute approximate surface area is 184 Å². The first-order valence-corrected chi connectivity index (χ1v) is 10.3. The van der Waals surface area contributed by atoms with E-state index in [2.05, 4.69) is 20.8 Å². The Balaban J connectivity index is 1.23. The highest BCUT2D eigenvalue weighted by molar-refractivity contribution is 6.33. The number of nitrogens with one attached hydrogen (secondary N) is 1. The maximum Gasteiger partial charge on any atom is 0.238 e. The van der Waals surface area contributed by atoms with Gasteiger partial charge in [-0.05, 0) is 40.3 Å². The summed E-state index contributed by atoms with van der Waals surface area (Å²) >= 11 is 6.08. The topological polar surface area (TPSA) is 96.3 Å². The Morgan fingerprint density at radius 2 is 1.74 bits per heavy atom. The molecule has 4 rings (SSSR count). The SMILES string of the molecule is O=C(CN1CCN(C(=O)Cc2ccc(-n3cnnn3)cc2)CC1)Nc1ccccc1Cl. The largest absolute Gasteiger partial charge is 0.340 e. The molecule has 9 nitrogen and oxygen atoms in total. The van der Waals surface area contributed by atoms with Crippen molar-refractivity contribution < 1.29 is 9.59 Å². The molecule has 3 aromatic rings. The van der Waals surface area contributed by atoms with E-state index in [-0.39, 0.29) is 18.4 Å². The van der Waals surface area contributed by atoms with Crippen LogP contribution in [-0.2, 0) is 16.0 Å². The zero-order valence-corrected chi connectivity index (χ0v) is 17.6. The first-order valence-electron chi connectivity index (χ1n) is 9.95. The highest BCUT2D eigenvalue weighted by Crippen LogP contribution is 2.20. The Morgan fingerprint density at radius 3 is 2.42 bits per heavy atom. The van der Waals surface area contributed by atoms with Crippen molar-refractivity contribution in [2.75, 3.05) is 38.0 Å². The smallest absolute Gasteiger partial charge is 0.238 e. The number of halogens is 1. The van der Waals surface area contributed by atoms with Gasteiger partial charge in [0.15, 0.2) is 0 Å². The molecular weight excluding hydrogens is 418 g/mol. The number of amides is 2. The van der Waals surface area contributed by atoms with Crippen molar-refractivity contribution in [3.8, 4) is 5.69 Å². The third-order valence-corrected chi connectivity index (χ3v) is 5.47. The van der Waals surface area contributed by atoms with Crippen molar-refractivity contribution in [2.24, 2.45) is 0 Å². The van der Waals surface area contributed by atoms with Crippen LogP contribution in [0.3, 0.4) is 0 Å². The van der Waals surface area contributed by atoms with Crippen molar-refractivity contribution >= 4 is 29.1 Å². The number of anilines is 1. The molecule has 160 valence electrons. The molecule has 0 spiro atoms. The van der Waals surface area contributed by atoms with Gasteiger partial charge in [-0.2, -0.15) is 0 Å². The number of tetrazole rings is 1. The number of nitrogens with zero attached hydrogens (tertiary/aromatic N) is 6. The highest BCUT2D eigenvalue weighted by atomic mass is 35.5. The number of para-hydroxylation sites is 1. The lowest BCUT2D eigenvalue weighted by atomic mass is 10.1. The molecule has 0 bridgehead atoms. The van der Waals surface area contributed by atoms with E-state index < -0.39 is 0 Å². The van der Waals surface area contributed by atoms with Crippen LogP contribution in [0.1, 0.15) is 5.56 Å². The first kappa shape index (κ1) is 21.0. The maximum absolute atomic E-state index is 12.7. The predicted molar refractivity (Wildman–Crippen MR) is 116 cm³/mol. The zero-order valence-electron chi connectivity index (χ0n) is 16.8. The number of aromatic nitrogens is 4. The summed E-state index contributed by atoms with van der Waals surface area (Å²) < 4.78 is 1.56. The van der Waals surface area contributed by atoms with E-state index in [1.165, 1.54) is 6.33 Å². The van der Waals surface area contributed by atoms with Crippen LogP contribution in [0.5, 0.6) is 0 Å². The number of hydrogen-bond donors (Lipinski definition) is 1. The molecule has 2 heterocycles. The number of benzene rings is 2. The average Bonchev–Trinajstić information content (AvgIpc) is 3.31. The fraction of sp³-hybridized carbons (Fsp3) is 0.286. The van der Waals surface area contributed by atoms with E-state index >= 15 is 0 Å². The quantitative estimate of drug-likeness (QED) is 0.627. The van der Waals surface area contributed by atoms with E-state index in [9.17, 15) is 9.59 Å². The summed E-state index contributed by atoms with van der Waals surface area (Å²) in [5.74, 6) is -0.0362. The number of carbonyl (C=O) groups excluding carboxylic acids is 2. The molecular formula is C21H22ClN7O2. The molecule has 2 amide bonds. The lowest BCUT2D eigenvalue weighted by Crippen LogP contribution is -2.50. The molecule has 0 unspecified atom stereocenters. The zero-order chi connectivity index (χ0) is 21.6. The normalized spacial score (nSPS) is 14.4. The van der Waals surface area contributed by atoms with Gasteiger partial charge >= 0.3 is 0 Å². The third-order valence-electron chi connectivity index (χ3n) is 5.15. The number of rotatable bonds is 6. The molecule has 1 aliphatic heterocycles. The van der Waals surface area contributed by atoms with Gasteiger partial charge in [0.25, 0.3) is 0 Å². The summed E-state index contributed by atoms with van der Waals surface area (Å²) in [5.41, 5.74) is 2.38. The Morgan fingerprint density at radius 1 is 1.00 bits per heavy atom. The van der Waals surface area contributed by atoms with Gasteiger partial charge in [0.2, 0.25) is 11.8 Å². The number of hydrogen-bond acceptors (Lipinski definition) is 6. The molecule has 0 radical (unpaired) electrons. The lowest BCUT2D eigenvalue weighted by Gasteiger charge is -2.34. The Bertz CT molecular complexity index is 1030. The van der Waals surface area contributed by atoms with Crippen LogP contribution in [0.25, 0.3) is 5.69 Å². The van der Waals surface area contributed by atoms with Gasteiger partial charge in [-0.3, -0.25) is 14.5 Å². The van der Waals surface area contributed by atoms with Gasteiger partial charge < -0.3 is 10.2 Å². The van der Waals surface area contributed by atoms with E-state index in [1.54, 1.807) is 16.8 Å². The summed E-state index contributed by atoms with van der Waals surface area (Å²) in [4.78, 5) is 28.8. The van der Waals surface area contributed by atoms with Crippen LogP contribution in [0.4, 0.5) is 5.69 Å². The molecule has 10 heteroatoms. The van der Waals surface area contributed by atoms with E-state index in [0.29, 0.717) is 43.3 Å². The molecule has 31 heavy (non-hydrogen) atoms. The second-order valence-corrected chi connectivity index (χ2v) is 7.69. The second-order valence-electron chi connectivity index (χ2n) is 7.28. The fourth-order valence-electron chi connectivity index (χ4n) is 3.44. The van der Waals surface area contributed by atoms with E-state index in [1.807, 2.05) is 46.2 Å². The first-order chi connectivity index (χ1) is 15.1. The van der Waals surface area contributed by atoms with Crippen molar-refractivity contribution in [2.45, 2.75) is 6.42 Å². The van der Waals surface area contributed by atoms with Crippen molar-refractivity contribution in [3.05, 3.63) is 65.4 Å². The monoisotopic (exact) mass is 439 g/mol. The molecule has 0 aliphatic carbocycles. The fourth-order valence-corrected chi connectivity index (χ4v) is 3.63. The maximum atomic E-state index is 12.7. The van der Waals surface area contributed by atoms with Gasteiger partial charge in [-0.1, -0.05) is 35.9 Å². The van der Waals surface area contributed by atoms with Crippen LogP contribution >= 0.6 is 11.6 Å². The predicted octanol–water partition coefficient (Wildman–Crippen LogP) is 1.64. The van der Waals surface area contributed by atoms with Gasteiger partial charge in [-0.25, -0.2) is 4.68 Å². The molecule has 0 saturated carbocycles. The van der Waals surface area contributed by atoms with Crippen molar-refractivity contribution in [3.63, 3.8) is 0 Å². The van der Waals surface area contributed by atoms with E-state index in [0.717, 1.165) is 11.3 Å². The van der Waals surface area contributed by atoms with E-state index in [4.69, 9.17) is 11.6 Å². The number of piperazine rings is 1. The molecule has 0 atom stereocenters. The Hall–Kier alpha value is -3.30. The molecule has 1 N–H and O–H groups in total. The average molecular weight is 440 g/mol. The lowest BCUT2D eigenvalue weighted by molar-refractivity contribution is -0.132. The van der Waals surface area contributed by atoms with Crippen LogP contribution in [0.15, 0.2) is 54.9 Å². The third kappa shape index (κ3) is 5.44. The summed E-state index contributed by atoms with van der Waals surface area (Å²) in [6, 6.07) is 14.7. The minimum absolute atomic E-state index is 0.0790. The van der Waals surface area contributed by atoms with Crippen LogP contribution in [-0.4, -0.2) is 74.5 Å². The van der Waals surface area contributed by atoms with Crippen molar-refractivity contribution in [1.82, 2.24) is 30.0 Å². The highest BCUT2D eigenvalue weighted by Gasteiger charge is 2.22. The van der Waals surface area contributed by atoms with Gasteiger partial charge in [0, 0.05) is 26.2 Å². The summed E-state index contributed by atoms with van der Waals surface area (Å²) in [5, 5.41) is 14.4. The Kier molecular flexibility index (Phi) is 6.54. The molecule has 1 fully saturated rings. The van der Waals surface area contributed by atoms with Crippen LogP contribution in [0.2, 0.25) is 5.02 Å². The van der Waals surface area contributed by atoms with Gasteiger partial charge in [0.1, 0.15) is 6.33 Å². The number of carbonyl (C=O) groups is 2. The molecule has 1 aromatic heterocycles. The standard InChI is InChI=1S/C21H22ClN7O2/c22-18-3-1-2-4-19(18)24-20(30)14-27-9-11-28(12-10-27)21(31)13-16-5-7-17(8-6-16)29-15-23-25-26-29/h1-8,15H,9-14H2,(H,24,30). The minimum atomic E-state index is -0.115. The van der Waals surface area contributed by atoms with Gasteiger partial charge in [-0.15, -0.1) is 5.10 Å². The molecule has 1 aliphatic rings. The summed E-state index contributed by atoms with van der Waals surface area (Å²) in [6.07, 6.45) is 1.86. The van der Waals surface area contributed by atoms with Crippen LogP contribution < -0.4 is 5.32 Å². The van der Waals surface area contributed by atoms with Crippen LogP contribution in [0, 0.1) is 0 Å². The van der Waals surface area contributed by atoms with Gasteiger partial charge in [0.05, 0.1) is 29.4 Å². The second kappa shape index (κ2) is 9.67. The summed E-state index contributed by atoms with van der Waals surface area (Å²) in [6.45, 7) is 2.77. The minimum Gasteiger partial charge on any atom is -0.340 e. The van der Waals surface area contributed by atoms with Crippen molar-refractivity contribution in [1.29, 1.82) is 0 Å². The molecule has 2 aromatic carbocycles. The molecule has 1 saturated heterocycles.